The maximum absolute atomic E-state index is 12.5. The van der Waals surface area contributed by atoms with Crippen molar-refractivity contribution in [3.8, 4) is 0 Å². The Hall–Kier alpha value is -0.610. The van der Waals surface area contributed by atoms with Gasteiger partial charge < -0.3 is 10.6 Å². The zero-order chi connectivity index (χ0) is 13.8. The molecule has 0 aromatic heterocycles. The second kappa shape index (κ2) is 6.71. The van der Waals surface area contributed by atoms with Gasteiger partial charge in [0.05, 0.1) is 0 Å². The molecule has 1 amide bonds. The lowest BCUT2D eigenvalue weighted by Crippen LogP contribution is -2.44. The van der Waals surface area contributed by atoms with Crippen LogP contribution in [0.15, 0.2) is 0 Å². The summed E-state index contributed by atoms with van der Waals surface area (Å²) in [5.74, 6) is 0.489. The van der Waals surface area contributed by atoms with Crippen LogP contribution in [0.2, 0.25) is 0 Å². The van der Waals surface area contributed by atoms with Gasteiger partial charge in [0.1, 0.15) is 0 Å². The minimum absolute atomic E-state index is 0.172. The van der Waals surface area contributed by atoms with E-state index >= 15 is 0 Å². The van der Waals surface area contributed by atoms with Gasteiger partial charge in [-0.3, -0.25) is 9.69 Å². The summed E-state index contributed by atoms with van der Waals surface area (Å²) in [5, 5.41) is 0. The number of likely N-dealkylation sites (tertiary alicyclic amines) is 1. The van der Waals surface area contributed by atoms with E-state index in [0.717, 1.165) is 38.8 Å². The van der Waals surface area contributed by atoms with Crippen molar-refractivity contribution in [2.75, 3.05) is 26.7 Å². The molecule has 0 unspecified atom stereocenters. The average Bonchev–Trinajstić information content (AvgIpc) is 2.85. The van der Waals surface area contributed by atoms with E-state index in [0.29, 0.717) is 11.9 Å². The van der Waals surface area contributed by atoms with Crippen molar-refractivity contribution in [1.82, 2.24) is 9.80 Å². The van der Waals surface area contributed by atoms with Gasteiger partial charge in [-0.25, -0.2) is 0 Å². The molecule has 0 radical (unpaired) electrons. The Morgan fingerprint density at radius 3 is 2.79 bits per heavy atom. The first kappa shape index (κ1) is 14.8. The SMILES string of the molecule is CCN1CCC[C@@H]1CN(C)C(=O)[C@H]1CCC[C@H](N)C1. The highest BCUT2D eigenvalue weighted by Crippen LogP contribution is 2.25. The van der Waals surface area contributed by atoms with Crippen molar-refractivity contribution >= 4 is 5.91 Å². The maximum Gasteiger partial charge on any atom is 0.225 e. The third-order valence-electron chi connectivity index (χ3n) is 4.83. The molecule has 1 aliphatic carbocycles. The number of nitrogens with zero attached hydrogens (tertiary/aromatic N) is 2. The smallest absolute Gasteiger partial charge is 0.225 e. The predicted octanol–water partition coefficient (Wildman–Crippen LogP) is 1.45. The molecule has 0 spiro atoms. The number of likely N-dealkylation sites (N-methyl/N-ethyl adjacent to an activating group) is 2. The van der Waals surface area contributed by atoms with Gasteiger partial charge in [-0.2, -0.15) is 0 Å². The van der Waals surface area contributed by atoms with Gasteiger partial charge in [-0.05, 0) is 45.2 Å². The van der Waals surface area contributed by atoms with E-state index in [2.05, 4.69) is 11.8 Å². The van der Waals surface area contributed by atoms with Crippen LogP contribution in [0, 0.1) is 5.92 Å². The summed E-state index contributed by atoms with van der Waals surface area (Å²) in [4.78, 5) is 16.9. The summed E-state index contributed by atoms with van der Waals surface area (Å²) >= 11 is 0. The predicted molar refractivity (Wildman–Crippen MR) is 77.8 cm³/mol. The quantitative estimate of drug-likeness (QED) is 0.838. The second-order valence-electron chi connectivity index (χ2n) is 6.27. The van der Waals surface area contributed by atoms with E-state index in [1.165, 1.54) is 19.4 Å². The van der Waals surface area contributed by atoms with E-state index in [-0.39, 0.29) is 12.0 Å². The molecule has 2 rings (SSSR count). The summed E-state index contributed by atoms with van der Waals surface area (Å²) in [7, 11) is 1.97. The molecule has 2 fully saturated rings. The minimum Gasteiger partial charge on any atom is -0.344 e. The Balaban J connectivity index is 1.84. The van der Waals surface area contributed by atoms with Gasteiger partial charge in [0.25, 0.3) is 0 Å². The Morgan fingerprint density at radius 1 is 1.32 bits per heavy atom. The molecule has 1 aliphatic heterocycles. The summed E-state index contributed by atoms with van der Waals surface area (Å²) < 4.78 is 0. The van der Waals surface area contributed by atoms with Gasteiger partial charge in [-0.1, -0.05) is 13.3 Å². The number of amides is 1. The van der Waals surface area contributed by atoms with Crippen LogP contribution in [0.5, 0.6) is 0 Å². The first-order valence-electron chi connectivity index (χ1n) is 7.86. The van der Waals surface area contributed by atoms with E-state index < -0.39 is 0 Å². The number of carbonyl (C=O) groups excluding carboxylic acids is 1. The molecule has 2 N–H and O–H groups in total. The van der Waals surface area contributed by atoms with Crippen molar-refractivity contribution < 1.29 is 4.79 Å². The first-order chi connectivity index (χ1) is 9.11. The van der Waals surface area contributed by atoms with E-state index in [4.69, 9.17) is 5.73 Å². The normalized spacial score (nSPS) is 32.5. The number of nitrogens with two attached hydrogens (primary N) is 1. The molecule has 2 aliphatic rings. The molecule has 4 heteroatoms. The zero-order valence-electron chi connectivity index (χ0n) is 12.5. The topological polar surface area (TPSA) is 49.6 Å². The van der Waals surface area contributed by atoms with Crippen LogP contribution in [0.4, 0.5) is 0 Å². The summed E-state index contributed by atoms with van der Waals surface area (Å²) in [6, 6.07) is 0.797. The van der Waals surface area contributed by atoms with Crippen LogP contribution < -0.4 is 5.73 Å². The largest absolute Gasteiger partial charge is 0.344 e. The Kier molecular flexibility index (Phi) is 5.22. The van der Waals surface area contributed by atoms with Gasteiger partial charge in [0.15, 0.2) is 0 Å². The Bertz CT molecular complexity index is 308. The van der Waals surface area contributed by atoms with Crippen LogP contribution in [-0.2, 0) is 4.79 Å². The monoisotopic (exact) mass is 267 g/mol. The lowest BCUT2D eigenvalue weighted by atomic mass is 9.85. The fourth-order valence-corrected chi connectivity index (χ4v) is 3.69. The van der Waals surface area contributed by atoms with Gasteiger partial charge in [-0.15, -0.1) is 0 Å². The second-order valence-corrected chi connectivity index (χ2v) is 6.27. The number of hydrogen-bond acceptors (Lipinski definition) is 3. The zero-order valence-corrected chi connectivity index (χ0v) is 12.5. The molecule has 3 atom stereocenters. The maximum atomic E-state index is 12.5. The third kappa shape index (κ3) is 3.69. The molecule has 1 saturated carbocycles. The van der Waals surface area contributed by atoms with Crippen LogP contribution >= 0.6 is 0 Å². The molecule has 19 heavy (non-hydrogen) atoms. The lowest BCUT2D eigenvalue weighted by molar-refractivity contribution is -0.136. The van der Waals surface area contributed by atoms with E-state index in [1.807, 2.05) is 11.9 Å². The van der Waals surface area contributed by atoms with E-state index in [1.54, 1.807) is 0 Å². The molecule has 0 bridgehead atoms. The van der Waals surface area contributed by atoms with Crippen LogP contribution in [0.25, 0.3) is 0 Å². The van der Waals surface area contributed by atoms with Crippen LogP contribution in [0.1, 0.15) is 45.4 Å². The lowest BCUT2D eigenvalue weighted by Gasteiger charge is -2.32. The first-order valence-corrected chi connectivity index (χ1v) is 7.86. The molecule has 1 heterocycles. The summed E-state index contributed by atoms with van der Waals surface area (Å²) in [6.45, 7) is 5.39. The molecule has 4 nitrogen and oxygen atoms in total. The standard InChI is InChI=1S/C15H29N3O/c1-3-18-9-5-8-14(18)11-17(2)15(19)12-6-4-7-13(16)10-12/h12-14H,3-11,16H2,1-2H3/t12-,13-,14+/m0/s1. The molecular weight excluding hydrogens is 238 g/mol. The van der Waals surface area contributed by atoms with Crippen molar-refractivity contribution in [3.05, 3.63) is 0 Å². The number of carbonyl (C=O) groups is 1. The van der Waals surface area contributed by atoms with Crippen LogP contribution in [0.3, 0.4) is 0 Å². The van der Waals surface area contributed by atoms with Crippen LogP contribution in [-0.4, -0.2) is 54.5 Å². The van der Waals surface area contributed by atoms with Gasteiger partial charge in [0.2, 0.25) is 5.91 Å². The molecule has 0 aromatic carbocycles. The molecule has 0 aromatic rings. The average molecular weight is 267 g/mol. The molecular formula is C15H29N3O. The van der Waals surface area contributed by atoms with Crippen molar-refractivity contribution in [2.45, 2.75) is 57.5 Å². The summed E-state index contributed by atoms with van der Waals surface area (Å²) in [6.07, 6.45) is 6.60. The highest BCUT2D eigenvalue weighted by molar-refractivity contribution is 5.78. The number of rotatable bonds is 4. The molecule has 1 saturated heterocycles. The van der Waals surface area contributed by atoms with Crippen molar-refractivity contribution in [2.24, 2.45) is 11.7 Å². The fraction of sp³-hybridized carbons (Fsp3) is 0.933. The molecule has 110 valence electrons. The van der Waals surface area contributed by atoms with Gasteiger partial charge >= 0.3 is 0 Å². The highest BCUT2D eigenvalue weighted by atomic mass is 16.2. The third-order valence-corrected chi connectivity index (χ3v) is 4.83. The van der Waals surface area contributed by atoms with Crippen molar-refractivity contribution in [1.29, 1.82) is 0 Å². The Labute approximate surface area is 117 Å². The number of hydrogen-bond donors (Lipinski definition) is 1. The highest BCUT2D eigenvalue weighted by Gasteiger charge is 2.30. The van der Waals surface area contributed by atoms with Gasteiger partial charge in [0, 0.05) is 31.6 Å². The van der Waals surface area contributed by atoms with Crippen molar-refractivity contribution in [3.63, 3.8) is 0 Å². The summed E-state index contributed by atoms with van der Waals surface area (Å²) in [5.41, 5.74) is 5.99. The minimum atomic E-state index is 0.172. The Morgan fingerprint density at radius 2 is 2.11 bits per heavy atom. The fourth-order valence-electron chi connectivity index (χ4n) is 3.69. The van der Waals surface area contributed by atoms with E-state index in [9.17, 15) is 4.79 Å².